The summed E-state index contributed by atoms with van der Waals surface area (Å²) in [6.07, 6.45) is 2.57. The number of fused-ring (bicyclic) bond motifs is 1. The molecule has 2 aliphatic heterocycles. The average molecular weight is 424 g/mol. The summed E-state index contributed by atoms with van der Waals surface area (Å²) in [5.41, 5.74) is 5.35. The Hall–Kier alpha value is -2.72. The van der Waals surface area contributed by atoms with Crippen molar-refractivity contribution < 1.29 is 14.6 Å². The molecule has 1 atom stereocenters. The molecule has 4 rings (SSSR count). The van der Waals surface area contributed by atoms with Crippen molar-refractivity contribution >= 4 is 28.7 Å². The van der Waals surface area contributed by atoms with Gasteiger partial charge in [-0.3, -0.25) is 4.79 Å². The Balaban J connectivity index is 1.92. The highest BCUT2D eigenvalue weighted by atomic mass is 35.5. The van der Waals surface area contributed by atoms with Gasteiger partial charge in [0.15, 0.2) is 0 Å². The monoisotopic (exact) mass is 423 g/mol. The molecule has 2 aromatic rings. The van der Waals surface area contributed by atoms with Crippen LogP contribution in [0.1, 0.15) is 38.3 Å². The van der Waals surface area contributed by atoms with Crippen LogP contribution in [0.2, 0.25) is 5.02 Å². The van der Waals surface area contributed by atoms with Crippen LogP contribution < -0.4 is 0 Å². The van der Waals surface area contributed by atoms with E-state index in [9.17, 15) is 9.90 Å². The molecule has 0 saturated heterocycles. The van der Waals surface area contributed by atoms with Gasteiger partial charge in [-0.15, -0.1) is 0 Å². The molecular weight excluding hydrogens is 398 g/mol. The van der Waals surface area contributed by atoms with Crippen molar-refractivity contribution in [3.8, 4) is 5.75 Å². The van der Waals surface area contributed by atoms with E-state index in [1.54, 1.807) is 12.1 Å². The lowest BCUT2D eigenvalue weighted by atomic mass is 9.87. The summed E-state index contributed by atoms with van der Waals surface area (Å²) in [6, 6.07) is 14.9. The Morgan fingerprint density at radius 3 is 2.40 bits per heavy atom. The van der Waals surface area contributed by atoms with E-state index in [-0.39, 0.29) is 29.6 Å². The van der Waals surface area contributed by atoms with Gasteiger partial charge in [-0.1, -0.05) is 55.8 Å². The second kappa shape index (κ2) is 7.84. The number of benzene rings is 2. The van der Waals surface area contributed by atoms with Gasteiger partial charge in [-0.25, -0.2) is 0 Å². The molecule has 1 N–H and O–H groups in total. The number of allylic oxidation sites excluding steroid dienone is 1. The molecule has 2 heterocycles. The summed E-state index contributed by atoms with van der Waals surface area (Å²) in [7, 11) is 0. The van der Waals surface area contributed by atoms with E-state index in [2.05, 4.69) is 24.8 Å². The quantitative estimate of drug-likeness (QED) is 0.643. The van der Waals surface area contributed by atoms with Gasteiger partial charge < -0.3 is 14.7 Å². The third kappa shape index (κ3) is 3.84. The highest BCUT2D eigenvalue weighted by Gasteiger charge is 2.44. The molecule has 0 saturated carbocycles. The lowest BCUT2D eigenvalue weighted by Gasteiger charge is -2.29. The summed E-state index contributed by atoms with van der Waals surface area (Å²) in [5.74, 6) is 0.0241. The predicted octanol–water partition coefficient (Wildman–Crippen LogP) is 5.52. The second-order valence-electron chi connectivity index (χ2n) is 8.51. The molecule has 4 nitrogen and oxygen atoms in total. The van der Waals surface area contributed by atoms with Gasteiger partial charge in [-0.2, -0.15) is 0 Å². The highest BCUT2D eigenvalue weighted by Crippen LogP contribution is 2.51. The minimum Gasteiger partial charge on any atom is -0.508 e. The molecular formula is C25H26ClNO3. The van der Waals surface area contributed by atoms with E-state index < -0.39 is 0 Å². The number of phenols is 1. The van der Waals surface area contributed by atoms with E-state index in [0.29, 0.717) is 11.6 Å². The first-order valence-electron chi connectivity index (χ1n) is 10.2. The van der Waals surface area contributed by atoms with Crippen molar-refractivity contribution in [1.82, 2.24) is 4.90 Å². The second-order valence-corrected chi connectivity index (χ2v) is 8.95. The summed E-state index contributed by atoms with van der Waals surface area (Å²) >= 11 is 6.14. The number of hydrogen-bond donors (Lipinski definition) is 1. The molecule has 0 spiro atoms. The lowest BCUT2D eigenvalue weighted by molar-refractivity contribution is -0.143. The fourth-order valence-corrected chi connectivity index (χ4v) is 4.59. The van der Waals surface area contributed by atoms with E-state index >= 15 is 0 Å². The number of esters is 1. The van der Waals surface area contributed by atoms with Crippen molar-refractivity contribution in [1.29, 1.82) is 0 Å². The van der Waals surface area contributed by atoms with Crippen LogP contribution in [0, 0.1) is 5.41 Å². The number of rotatable bonds is 5. The molecule has 30 heavy (non-hydrogen) atoms. The van der Waals surface area contributed by atoms with Crippen molar-refractivity contribution in [2.45, 2.75) is 33.2 Å². The van der Waals surface area contributed by atoms with Gasteiger partial charge in [0, 0.05) is 28.3 Å². The van der Waals surface area contributed by atoms with Crippen LogP contribution in [0.15, 0.2) is 60.3 Å². The highest BCUT2D eigenvalue weighted by molar-refractivity contribution is 6.30. The number of ether oxygens (including phenoxy) is 1. The fourth-order valence-electron chi connectivity index (χ4n) is 4.46. The third-order valence-corrected chi connectivity index (χ3v) is 5.88. The summed E-state index contributed by atoms with van der Waals surface area (Å²) in [6.45, 7) is 7.43. The molecule has 0 bridgehead atoms. The number of carbonyl (C=O) groups excluding carboxylic acids is 1. The summed E-state index contributed by atoms with van der Waals surface area (Å²) < 4.78 is 5.30. The standard InChI is InChI=1S/C25H26ClNO3/c1-4-30-22(29)13-20-23(16-5-9-18(26)10-6-16)24(17-7-11-19(28)12-8-17)21-14-25(2,3)15-27(20)21/h5-12,14,20,28H,4,13,15H2,1-3H3. The van der Waals surface area contributed by atoms with Crippen LogP contribution in [-0.2, 0) is 9.53 Å². The summed E-state index contributed by atoms with van der Waals surface area (Å²) in [5, 5.41) is 10.5. The van der Waals surface area contributed by atoms with Crippen molar-refractivity contribution in [3.63, 3.8) is 0 Å². The molecule has 0 fully saturated rings. The topological polar surface area (TPSA) is 49.8 Å². The first-order chi connectivity index (χ1) is 14.3. The Morgan fingerprint density at radius 1 is 1.13 bits per heavy atom. The van der Waals surface area contributed by atoms with Crippen LogP contribution in [0.25, 0.3) is 11.1 Å². The molecule has 5 heteroatoms. The minimum absolute atomic E-state index is 0.00403. The smallest absolute Gasteiger partial charge is 0.308 e. The summed E-state index contributed by atoms with van der Waals surface area (Å²) in [4.78, 5) is 14.8. The third-order valence-electron chi connectivity index (χ3n) is 5.63. The number of nitrogens with zero attached hydrogens (tertiary/aromatic N) is 1. The maximum atomic E-state index is 12.5. The van der Waals surface area contributed by atoms with Gasteiger partial charge in [0.2, 0.25) is 0 Å². The molecule has 0 aliphatic carbocycles. The van der Waals surface area contributed by atoms with E-state index in [0.717, 1.165) is 34.5 Å². The van der Waals surface area contributed by atoms with Crippen molar-refractivity contribution in [2.75, 3.05) is 13.2 Å². The van der Waals surface area contributed by atoms with Crippen LogP contribution in [0.3, 0.4) is 0 Å². The van der Waals surface area contributed by atoms with Crippen molar-refractivity contribution in [3.05, 3.63) is 76.5 Å². The van der Waals surface area contributed by atoms with Crippen LogP contribution in [-0.4, -0.2) is 35.2 Å². The molecule has 1 unspecified atom stereocenters. The van der Waals surface area contributed by atoms with Gasteiger partial charge in [0.1, 0.15) is 5.75 Å². The molecule has 0 aromatic heterocycles. The molecule has 2 aromatic carbocycles. The zero-order chi connectivity index (χ0) is 21.5. The Labute approximate surface area is 182 Å². The first-order valence-corrected chi connectivity index (χ1v) is 10.6. The van der Waals surface area contributed by atoms with Crippen LogP contribution in [0.4, 0.5) is 0 Å². The van der Waals surface area contributed by atoms with E-state index in [4.69, 9.17) is 16.3 Å². The molecule has 2 aliphatic rings. The maximum Gasteiger partial charge on any atom is 0.308 e. The van der Waals surface area contributed by atoms with Gasteiger partial charge in [0.05, 0.1) is 19.1 Å². The zero-order valence-corrected chi connectivity index (χ0v) is 18.2. The molecule has 156 valence electrons. The van der Waals surface area contributed by atoms with Crippen LogP contribution in [0.5, 0.6) is 5.75 Å². The number of hydrogen-bond acceptors (Lipinski definition) is 4. The van der Waals surface area contributed by atoms with Crippen molar-refractivity contribution in [2.24, 2.45) is 5.41 Å². The number of aromatic hydroxyl groups is 1. The van der Waals surface area contributed by atoms with Gasteiger partial charge in [0.25, 0.3) is 0 Å². The number of carbonyl (C=O) groups is 1. The lowest BCUT2D eigenvalue weighted by Crippen LogP contribution is -2.34. The van der Waals surface area contributed by atoms with Gasteiger partial charge >= 0.3 is 5.97 Å². The molecule has 0 radical (unpaired) electrons. The van der Waals surface area contributed by atoms with Gasteiger partial charge in [-0.05, 0) is 47.9 Å². The maximum absolute atomic E-state index is 12.5. The Bertz CT molecular complexity index is 1020. The average Bonchev–Trinajstić information content (AvgIpc) is 3.14. The Morgan fingerprint density at radius 2 is 1.77 bits per heavy atom. The predicted molar refractivity (Wildman–Crippen MR) is 120 cm³/mol. The van der Waals surface area contributed by atoms with Crippen LogP contribution >= 0.6 is 11.6 Å². The first kappa shape index (κ1) is 20.5. The normalized spacial score (nSPS) is 19.7. The number of phenolic OH excluding ortho intramolecular Hbond substituents is 1. The van der Waals surface area contributed by atoms with E-state index in [1.807, 2.05) is 43.3 Å². The zero-order valence-electron chi connectivity index (χ0n) is 17.5. The van der Waals surface area contributed by atoms with E-state index in [1.165, 1.54) is 0 Å². The Kier molecular flexibility index (Phi) is 5.37. The molecule has 0 amide bonds. The largest absolute Gasteiger partial charge is 0.508 e. The fraction of sp³-hybridized carbons (Fsp3) is 0.320. The minimum atomic E-state index is -0.204. The number of halogens is 1. The SMILES string of the molecule is CCOC(=O)CC1C(c2ccc(Cl)cc2)=C(c2ccc(O)cc2)C2=CC(C)(C)CN21.